The summed E-state index contributed by atoms with van der Waals surface area (Å²) in [4.78, 5) is 27.2. The molecule has 1 saturated carbocycles. The van der Waals surface area contributed by atoms with Gasteiger partial charge in [0.1, 0.15) is 0 Å². The third-order valence-electron chi connectivity index (χ3n) is 6.55. The zero-order valence-corrected chi connectivity index (χ0v) is 14.1. The monoisotopic (exact) mass is 309 g/mol. The van der Waals surface area contributed by atoms with Crippen molar-refractivity contribution in [3.05, 3.63) is 11.1 Å². The van der Waals surface area contributed by atoms with Crippen LogP contribution in [-0.2, 0) is 9.59 Å². The summed E-state index contributed by atoms with van der Waals surface area (Å²) in [5.74, 6) is 0.401. The summed E-state index contributed by atoms with van der Waals surface area (Å²) >= 11 is 5.70. The summed E-state index contributed by atoms with van der Waals surface area (Å²) < 4.78 is 0. The summed E-state index contributed by atoms with van der Waals surface area (Å²) in [5, 5.41) is 0. The molecule has 2 amide bonds. The number of likely N-dealkylation sites (tertiary alicyclic amines) is 1. The van der Waals surface area contributed by atoms with Crippen LogP contribution < -0.4 is 0 Å². The van der Waals surface area contributed by atoms with E-state index in [9.17, 15) is 9.59 Å². The minimum atomic E-state index is -0.144. The number of allylic oxidation sites excluding steroid dienone is 2. The van der Waals surface area contributed by atoms with Crippen LogP contribution in [0.5, 0.6) is 0 Å². The number of amides is 2. The molecule has 4 unspecified atom stereocenters. The average Bonchev–Trinajstić information content (AvgIpc) is 2.90. The fourth-order valence-electron chi connectivity index (χ4n) is 5.17. The number of carbonyl (C=O) groups is 2. The zero-order chi connectivity index (χ0) is 15.6. The van der Waals surface area contributed by atoms with Crippen LogP contribution in [0.15, 0.2) is 11.1 Å². The predicted molar refractivity (Wildman–Crippen MR) is 82.9 cm³/mol. The first-order chi connectivity index (χ1) is 9.79. The van der Waals surface area contributed by atoms with Gasteiger partial charge < -0.3 is 0 Å². The van der Waals surface area contributed by atoms with E-state index >= 15 is 0 Å². The number of imide groups is 1. The van der Waals surface area contributed by atoms with E-state index in [-0.39, 0.29) is 34.5 Å². The van der Waals surface area contributed by atoms with Crippen LogP contribution in [0.25, 0.3) is 0 Å². The summed E-state index contributed by atoms with van der Waals surface area (Å²) in [6.45, 7) is 9.17. The standard InChI is InChI=1S/C17H24ClNO2/c1-10-11(2)17(4)9-16(10,3)12-13(17)15(21)19(14(12)20)8-6-5-7-18/h12-13H,5-9H2,1-4H3. The molecule has 1 aliphatic heterocycles. The molecule has 116 valence electrons. The lowest BCUT2D eigenvalue weighted by Crippen LogP contribution is -2.36. The van der Waals surface area contributed by atoms with Crippen molar-refractivity contribution in [3.8, 4) is 0 Å². The number of nitrogens with zero attached hydrogens (tertiary/aromatic N) is 1. The molecule has 1 saturated heterocycles. The molecule has 4 atom stereocenters. The minimum Gasteiger partial charge on any atom is -0.282 e. The lowest BCUT2D eigenvalue weighted by molar-refractivity contribution is -0.141. The highest BCUT2D eigenvalue weighted by atomic mass is 35.5. The Morgan fingerprint density at radius 3 is 1.95 bits per heavy atom. The highest BCUT2D eigenvalue weighted by Crippen LogP contribution is 2.71. The molecule has 0 aromatic heterocycles. The van der Waals surface area contributed by atoms with Gasteiger partial charge in [0, 0.05) is 23.3 Å². The fraction of sp³-hybridized carbons (Fsp3) is 0.765. The second kappa shape index (κ2) is 4.58. The molecule has 21 heavy (non-hydrogen) atoms. The van der Waals surface area contributed by atoms with Gasteiger partial charge in [-0.05, 0) is 33.1 Å². The number of hydrogen-bond donors (Lipinski definition) is 0. The number of halogens is 1. The Morgan fingerprint density at radius 2 is 1.52 bits per heavy atom. The van der Waals surface area contributed by atoms with Crippen molar-refractivity contribution in [2.45, 2.75) is 47.0 Å². The smallest absolute Gasteiger partial charge is 0.234 e. The molecule has 0 radical (unpaired) electrons. The number of alkyl halides is 1. The molecule has 0 aromatic rings. The van der Waals surface area contributed by atoms with Crippen LogP contribution >= 0.6 is 11.6 Å². The summed E-state index contributed by atoms with van der Waals surface area (Å²) in [6, 6.07) is 0. The molecule has 2 aliphatic carbocycles. The third kappa shape index (κ3) is 1.67. The van der Waals surface area contributed by atoms with Crippen LogP contribution in [-0.4, -0.2) is 29.1 Å². The normalized spacial score (nSPS) is 41.5. The molecule has 3 nitrogen and oxygen atoms in total. The molecule has 4 heteroatoms. The lowest BCUT2D eigenvalue weighted by atomic mass is 9.66. The van der Waals surface area contributed by atoms with E-state index in [0.29, 0.717) is 12.4 Å². The Bertz CT molecular complexity index is 513. The van der Waals surface area contributed by atoms with Crippen LogP contribution in [0.3, 0.4) is 0 Å². The predicted octanol–water partition coefficient (Wildman–Crippen LogP) is 3.37. The van der Waals surface area contributed by atoms with E-state index in [1.807, 2.05) is 0 Å². The molecular weight excluding hydrogens is 286 g/mol. The number of carbonyl (C=O) groups excluding carboxylic acids is 2. The molecule has 3 aliphatic rings. The first-order valence-electron chi connectivity index (χ1n) is 7.88. The van der Waals surface area contributed by atoms with Gasteiger partial charge in [0.15, 0.2) is 0 Å². The first kappa shape index (κ1) is 15.1. The van der Waals surface area contributed by atoms with Gasteiger partial charge in [0.25, 0.3) is 0 Å². The number of hydrogen-bond acceptors (Lipinski definition) is 2. The first-order valence-corrected chi connectivity index (χ1v) is 8.42. The van der Waals surface area contributed by atoms with Crippen molar-refractivity contribution in [1.82, 2.24) is 4.90 Å². The Kier molecular flexibility index (Phi) is 3.29. The molecule has 2 fully saturated rings. The zero-order valence-electron chi connectivity index (χ0n) is 13.3. The van der Waals surface area contributed by atoms with E-state index in [2.05, 4.69) is 27.7 Å². The van der Waals surface area contributed by atoms with E-state index in [0.717, 1.165) is 19.3 Å². The number of rotatable bonds is 4. The maximum atomic E-state index is 12.8. The highest BCUT2D eigenvalue weighted by molar-refractivity contribution is 6.17. The molecule has 2 bridgehead atoms. The molecule has 0 aromatic carbocycles. The second-order valence-electron chi connectivity index (χ2n) is 7.44. The number of unbranched alkanes of at least 4 members (excludes halogenated alkanes) is 1. The quantitative estimate of drug-likeness (QED) is 0.345. The van der Waals surface area contributed by atoms with Crippen molar-refractivity contribution in [1.29, 1.82) is 0 Å². The van der Waals surface area contributed by atoms with Gasteiger partial charge in [-0.3, -0.25) is 14.5 Å². The van der Waals surface area contributed by atoms with E-state index in [1.54, 1.807) is 0 Å². The Labute approximate surface area is 131 Å². The summed E-state index contributed by atoms with van der Waals surface area (Å²) in [6.07, 6.45) is 2.60. The minimum absolute atomic E-state index is 0.0534. The van der Waals surface area contributed by atoms with Crippen LogP contribution in [0.2, 0.25) is 0 Å². The van der Waals surface area contributed by atoms with Gasteiger partial charge in [0.05, 0.1) is 11.8 Å². The molecular formula is C17H24ClNO2. The van der Waals surface area contributed by atoms with Gasteiger partial charge in [-0.25, -0.2) is 0 Å². The topological polar surface area (TPSA) is 37.4 Å². The van der Waals surface area contributed by atoms with Crippen LogP contribution in [0, 0.1) is 22.7 Å². The maximum absolute atomic E-state index is 12.8. The third-order valence-corrected chi connectivity index (χ3v) is 6.81. The molecule has 0 spiro atoms. The average molecular weight is 310 g/mol. The Balaban J connectivity index is 1.94. The largest absolute Gasteiger partial charge is 0.282 e. The van der Waals surface area contributed by atoms with Gasteiger partial charge in [-0.1, -0.05) is 25.0 Å². The van der Waals surface area contributed by atoms with Crippen LogP contribution in [0.4, 0.5) is 0 Å². The number of fused-ring (bicyclic) bond motifs is 5. The summed E-state index contributed by atoms with van der Waals surface area (Å²) in [7, 11) is 0. The fourth-order valence-corrected chi connectivity index (χ4v) is 5.36. The van der Waals surface area contributed by atoms with E-state index in [1.165, 1.54) is 16.0 Å². The van der Waals surface area contributed by atoms with Crippen molar-refractivity contribution in [3.63, 3.8) is 0 Å². The Hall–Kier alpha value is -0.830. The van der Waals surface area contributed by atoms with Crippen LogP contribution in [0.1, 0.15) is 47.0 Å². The molecule has 1 heterocycles. The van der Waals surface area contributed by atoms with Gasteiger partial charge in [0.2, 0.25) is 11.8 Å². The van der Waals surface area contributed by atoms with Gasteiger partial charge >= 0.3 is 0 Å². The maximum Gasteiger partial charge on any atom is 0.234 e. The SMILES string of the molecule is CC1=C(C)C2(C)CC1(C)C1C(=O)N(CCCCCl)C(=O)C12. The van der Waals surface area contributed by atoms with Crippen molar-refractivity contribution < 1.29 is 9.59 Å². The molecule has 3 rings (SSSR count). The second-order valence-corrected chi connectivity index (χ2v) is 7.82. The van der Waals surface area contributed by atoms with Gasteiger partial charge in [-0.2, -0.15) is 0 Å². The summed E-state index contributed by atoms with van der Waals surface area (Å²) in [5.41, 5.74) is 2.40. The van der Waals surface area contributed by atoms with Crippen molar-refractivity contribution in [2.24, 2.45) is 22.7 Å². The Morgan fingerprint density at radius 1 is 1.05 bits per heavy atom. The van der Waals surface area contributed by atoms with Crippen molar-refractivity contribution in [2.75, 3.05) is 12.4 Å². The molecule has 0 N–H and O–H groups in total. The van der Waals surface area contributed by atoms with Crippen molar-refractivity contribution >= 4 is 23.4 Å². The van der Waals surface area contributed by atoms with E-state index < -0.39 is 0 Å². The highest BCUT2D eigenvalue weighted by Gasteiger charge is 2.71. The van der Waals surface area contributed by atoms with Gasteiger partial charge in [-0.15, -0.1) is 11.6 Å². The van der Waals surface area contributed by atoms with E-state index in [4.69, 9.17) is 11.6 Å². The lowest BCUT2D eigenvalue weighted by Gasteiger charge is -2.34.